The van der Waals surface area contributed by atoms with E-state index in [4.69, 9.17) is 0 Å². The van der Waals surface area contributed by atoms with E-state index in [9.17, 15) is 5.11 Å². The quantitative estimate of drug-likeness (QED) is 0.757. The zero-order chi connectivity index (χ0) is 16.4. The fraction of sp³-hybridized carbons (Fsp3) is 0.250. The number of phenolic OH excluding ortho intramolecular Hbond substituents is 1. The number of nitrogens with zero attached hydrogens (tertiary/aromatic N) is 2. The van der Waals surface area contributed by atoms with E-state index in [1.165, 1.54) is 16.7 Å². The van der Waals surface area contributed by atoms with Gasteiger partial charge in [0.1, 0.15) is 5.75 Å². The van der Waals surface area contributed by atoms with Crippen LogP contribution < -0.4 is 5.32 Å². The zero-order valence-corrected chi connectivity index (χ0v) is 13.5. The van der Waals surface area contributed by atoms with Gasteiger partial charge >= 0.3 is 0 Å². The van der Waals surface area contributed by atoms with Crippen molar-refractivity contribution in [1.29, 1.82) is 0 Å². The Morgan fingerprint density at radius 2 is 2.04 bits per heavy atom. The molecule has 1 heterocycles. The molecule has 4 nitrogen and oxygen atoms in total. The van der Waals surface area contributed by atoms with Crippen LogP contribution in [0.15, 0.2) is 61.2 Å². The Kier molecular flexibility index (Phi) is 4.05. The molecule has 1 aromatic heterocycles. The largest absolute Gasteiger partial charge is 0.508 e. The number of hydrogen-bond acceptors (Lipinski definition) is 3. The van der Waals surface area contributed by atoms with E-state index < -0.39 is 0 Å². The molecule has 0 aliphatic heterocycles. The minimum Gasteiger partial charge on any atom is -0.508 e. The number of phenols is 1. The van der Waals surface area contributed by atoms with Crippen molar-refractivity contribution in [2.75, 3.05) is 0 Å². The lowest BCUT2D eigenvalue weighted by Gasteiger charge is -2.15. The van der Waals surface area contributed by atoms with Gasteiger partial charge in [-0.15, -0.1) is 0 Å². The number of benzene rings is 2. The lowest BCUT2D eigenvalue weighted by atomic mass is 10.1. The summed E-state index contributed by atoms with van der Waals surface area (Å²) in [5, 5.41) is 13.6. The first kappa shape index (κ1) is 15.0. The van der Waals surface area contributed by atoms with Crippen LogP contribution in [0.25, 0.3) is 0 Å². The maximum absolute atomic E-state index is 9.96. The van der Waals surface area contributed by atoms with Gasteiger partial charge in [-0.1, -0.05) is 36.4 Å². The molecule has 2 N–H and O–H groups in total. The molecule has 4 rings (SSSR count). The molecule has 0 unspecified atom stereocenters. The molecule has 1 atom stereocenters. The average Bonchev–Trinajstić information content (AvgIpc) is 3.24. The fourth-order valence-corrected chi connectivity index (χ4v) is 3.52. The lowest BCUT2D eigenvalue weighted by molar-refractivity contribution is 0.469. The second-order valence-corrected chi connectivity index (χ2v) is 6.37. The van der Waals surface area contributed by atoms with Crippen LogP contribution >= 0.6 is 0 Å². The van der Waals surface area contributed by atoms with Gasteiger partial charge in [0.15, 0.2) is 0 Å². The predicted molar refractivity (Wildman–Crippen MR) is 93.8 cm³/mol. The summed E-state index contributed by atoms with van der Waals surface area (Å²) in [6, 6.07) is 14.8. The normalized spacial score (nSPS) is 16.2. The Labute approximate surface area is 141 Å². The highest BCUT2D eigenvalue weighted by Gasteiger charge is 2.23. The van der Waals surface area contributed by atoms with Crippen LogP contribution in [0, 0.1) is 0 Å². The maximum atomic E-state index is 9.96. The molecule has 3 aromatic rings. The van der Waals surface area contributed by atoms with Crippen molar-refractivity contribution in [3.8, 4) is 5.75 Å². The van der Waals surface area contributed by atoms with Gasteiger partial charge in [0.2, 0.25) is 0 Å². The van der Waals surface area contributed by atoms with E-state index in [2.05, 4.69) is 45.2 Å². The molecule has 0 spiro atoms. The molecule has 0 bridgehead atoms. The molecule has 24 heavy (non-hydrogen) atoms. The Bertz CT molecular complexity index is 827. The number of fused-ring (bicyclic) bond motifs is 1. The summed E-state index contributed by atoms with van der Waals surface area (Å²) in [6.07, 6.45) is 7.61. The highest BCUT2D eigenvalue weighted by Crippen LogP contribution is 2.36. The van der Waals surface area contributed by atoms with Gasteiger partial charge < -0.3 is 15.0 Å². The minimum atomic E-state index is 0.324. The second-order valence-electron chi connectivity index (χ2n) is 6.37. The van der Waals surface area contributed by atoms with Crippen LogP contribution in [0.2, 0.25) is 0 Å². The van der Waals surface area contributed by atoms with Gasteiger partial charge in [-0.25, -0.2) is 4.98 Å². The third kappa shape index (κ3) is 3.05. The number of rotatable bonds is 5. The lowest BCUT2D eigenvalue weighted by Crippen LogP contribution is -2.18. The van der Waals surface area contributed by atoms with Crippen molar-refractivity contribution in [1.82, 2.24) is 14.9 Å². The van der Waals surface area contributed by atoms with Crippen molar-refractivity contribution >= 4 is 0 Å². The number of nitrogens with one attached hydrogen (secondary N) is 1. The van der Waals surface area contributed by atoms with E-state index in [1.54, 1.807) is 12.3 Å². The van der Waals surface area contributed by atoms with E-state index in [-0.39, 0.29) is 0 Å². The number of aromatic nitrogens is 2. The maximum Gasteiger partial charge on any atom is 0.119 e. The average molecular weight is 319 g/mol. The summed E-state index contributed by atoms with van der Waals surface area (Å²) in [5.41, 5.74) is 4.89. The molecule has 4 heteroatoms. The smallest absolute Gasteiger partial charge is 0.119 e. The third-order valence-corrected chi connectivity index (χ3v) is 4.71. The summed E-state index contributed by atoms with van der Waals surface area (Å²) in [7, 11) is 0. The van der Waals surface area contributed by atoms with E-state index in [1.807, 2.05) is 18.6 Å². The van der Waals surface area contributed by atoms with Crippen molar-refractivity contribution in [3.63, 3.8) is 0 Å². The molecule has 0 saturated heterocycles. The molecule has 1 aliphatic carbocycles. The highest BCUT2D eigenvalue weighted by atomic mass is 16.3. The number of hydrogen-bond donors (Lipinski definition) is 2. The summed E-state index contributed by atoms with van der Waals surface area (Å²) in [5.74, 6) is 0.430. The van der Waals surface area contributed by atoms with Crippen LogP contribution in [-0.4, -0.2) is 14.7 Å². The van der Waals surface area contributed by atoms with Gasteiger partial charge in [0, 0.05) is 31.5 Å². The number of imidazole rings is 1. The molecular weight excluding hydrogens is 298 g/mol. The van der Waals surface area contributed by atoms with Crippen LogP contribution in [0.4, 0.5) is 0 Å². The summed E-state index contributed by atoms with van der Waals surface area (Å²) >= 11 is 0. The SMILES string of the molecule is Oc1cccc2c1CC[C@H]2NCc1cccc(Cn2ccnc2)c1. The topological polar surface area (TPSA) is 50.1 Å². The molecule has 1 aliphatic rings. The first-order valence-electron chi connectivity index (χ1n) is 8.37. The van der Waals surface area contributed by atoms with E-state index in [0.717, 1.165) is 31.5 Å². The van der Waals surface area contributed by atoms with E-state index >= 15 is 0 Å². The van der Waals surface area contributed by atoms with Crippen LogP contribution in [0.5, 0.6) is 5.75 Å². The van der Waals surface area contributed by atoms with Crippen molar-refractivity contribution in [2.45, 2.75) is 32.0 Å². The summed E-state index contributed by atoms with van der Waals surface area (Å²) in [4.78, 5) is 4.09. The predicted octanol–water partition coefficient (Wildman–Crippen LogP) is 3.41. The van der Waals surface area contributed by atoms with Crippen LogP contribution in [0.3, 0.4) is 0 Å². The fourth-order valence-electron chi connectivity index (χ4n) is 3.52. The summed E-state index contributed by atoms with van der Waals surface area (Å²) < 4.78 is 2.07. The Morgan fingerprint density at radius 1 is 1.17 bits per heavy atom. The van der Waals surface area contributed by atoms with Crippen molar-refractivity contribution in [2.24, 2.45) is 0 Å². The molecular formula is C20H21N3O. The highest BCUT2D eigenvalue weighted by molar-refractivity contribution is 5.44. The third-order valence-electron chi connectivity index (χ3n) is 4.71. The van der Waals surface area contributed by atoms with Gasteiger partial charge in [-0.2, -0.15) is 0 Å². The Balaban J connectivity index is 1.43. The molecule has 2 aromatic carbocycles. The zero-order valence-electron chi connectivity index (χ0n) is 13.5. The first-order chi connectivity index (χ1) is 11.8. The Hall–Kier alpha value is -2.59. The standard InChI is InChI=1S/C20H21N3O/c24-20-6-2-5-17-18(20)7-8-19(17)22-12-15-3-1-4-16(11-15)13-23-10-9-21-14-23/h1-6,9-11,14,19,22,24H,7-8,12-13H2/t19-/m1/s1. The summed E-state index contributed by atoms with van der Waals surface area (Å²) in [6.45, 7) is 1.67. The minimum absolute atomic E-state index is 0.324. The molecule has 0 saturated carbocycles. The molecule has 0 amide bonds. The molecule has 122 valence electrons. The molecule has 0 radical (unpaired) electrons. The van der Waals surface area contributed by atoms with Gasteiger partial charge in [0.25, 0.3) is 0 Å². The van der Waals surface area contributed by atoms with Crippen LogP contribution in [0.1, 0.15) is 34.7 Å². The van der Waals surface area contributed by atoms with E-state index in [0.29, 0.717) is 11.8 Å². The second kappa shape index (κ2) is 6.49. The monoisotopic (exact) mass is 319 g/mol. The van der Waals surface area contributed by atoms with Crippen LogP contribution in [-0.2, 0) is 19.5 Å². The number of aromatic hydroxyl groups is 1. The molecule has 0 fully saturated rings. The van der Waals surface area contributed by atoms with Crippen molar-refractivity contribution in [3.05, 3.63) is 83.4 Å². The van der Waals surface area contributed by atoms with Gasteiger partial charge in [0.05, 0.1) is 6.33 Å². The van der Waals surface area contributed by atoms with Gasteiger partial charge in [-0.3, -0.25) is 0 Å². The Morgan fingerprint density at radius 3 is 2.92 bits per heavy atom. The first-order valence-corrected chi connectivity index (χ1v) is 8.37. The van der Waals surface area contributed by atoms with Crippen molar-refractivity contribution < 1.29 is 5.11 Å². The van der Waals surface area contributed by atoms with Gasteiger partial charge in [-0.05, 0) is 41.2 Å².